The summed E-state index contributed by atoms with van der Waals surface area (Å²) in [5, 5.41) is -0.266. The van der Waals surface area contributed by atoms with E-state index in [0.29, 0.717) is 12.3 Å². The second-order valence-electron chi connectivity index (χ2n) is 7.66. The summed E-state index contributed by atoms with van der Waals surface area (Å²) in [6.45, 7) is 4.41. The molecule has 0 N–H and O–H groups in total. The highest BCUT2D eigenvalue weighted by Crippen LogP contribution is 2.25. The van der Waals surface area contributed by atoms with Gasteiger partial charge in [-0.15, -0.1) is 0 Å². The first-order chi connectivity index (χ1) is 15.3. The van der Waals surface area contributed by atoms with Crippen LogP contribution >= 0.6 is 0 Å². The molecule has 0 bridgehead atoms. The van der Waals surface area contributed by atoms with E-state index in [1.165, 1.54) is 24.3 Å². The van der Waals surface area contributed by atoms with E-state index < -0.39 is 15.7 Å². The molecule has 6 nitrogen and oxygen atoms in total. The van der Waals surface area contributed by atoms with Gasteiger partial charge in [0, 0.05) is 6.54 Å². The van der Waals surface area contributed by atoms with Gasteiger partial charge >= 0.3 is 0 Å². The quantitative estimate of drug-likeness (QED) is 0.389. The summed E-state index contributed by atoms with van der Waals surface area (Å²) >= 11 is 0. The summed E-state index contributed by atoms with van der Waals surface area (Å²) in [5.41, 5.74) is 3.01. The number of sulfone groups is 1. The molecule has 32 heavy (non-hydrogen) atoms. The largest absolute Gasteiger partial charge is 0.467 e. The zero-order chi connectivity index (χ0) is 22.7. The minimum Gasteiger partial charge on any atom is -0.467 e. The fourth-order valence-corrected chi connectivity index (χ4v) is 4.45. The van der Waals surface area contributed by atoms with E-state index >= 15 is 0 Å². The number of aryl methyl sites for hydroxylation is 2. The predicted octanol–water partition coefficient (Wildman–Crippen LogP) is 5.16. The Balaban J connectivity index is 1.61. The van der Waals surface area contributed by atoms with E-state index in [9.17, 15) is 13.2 Å². The van der Waals surface area contributed by atoms with Gasteiger partial charge in [-0.25, -0.2) is 8.42 Å². The molecule has 2 aromatic heterocycles. The summed E-state index contributed by atoms with van der Waals surface area (Å²) < 4.78 is 36.7. The van der Waals surface area contributed by atoms with Crippen molar-refractivity contribution in [2.75, 3.05) is 0 Å². The fraction of sp³-hybridized carbons (Fsp3) is 0.160. The monoisotopic (exact) mass is 449 g/mol. The number of hydrogen-bond donors (Lipinski definition) is 0. The molecule has 4 rings (SSSR count). The lowest BCUT2D eigenvalue weighted by Gasteiger charge is -2.21. The Morgan fingerprint density at radius 3 is 2.12 bits per heavy atom. The Morgan fingerprint density at radius 1 is 0.844 bits per heavy atom. The van der Waals surface area contributed by atoms with Crippen molar-refractivity contribution >= 4 is 15.7 Å². The number of hydrogen-bond acceptors (Lipinski definition) is 5. The SMILES string of the molecule is Cc1ccc(CN(Cc2ccco2)C(=O)c2ccc(S(=O)(=O)c3ccc(C)cc3)o2)cc1. The van der Waals surface area contributed by atoms with Gasteiger partial charge in [-0.3, -0.25) is 4.79 Å². The maximum absolute atomic E-state index is 13.3. The molecule has 0 atom stereocenters. The zero-order valence-corrected chi connectivity index (χ0v) is 18.6. The molecule has 0 saturated heterocycles. The van der Waals surface area contributed by atoms with Crippen LogP contribution in [0.3, 0.4) is 0 Å². The molecule has 0 spiro atoms. The van der Waals surface area contributed by atoms with Gasteiger partial charge in [0.25, 0.3) is 5.91 Å². The molecular formula is C25H23NO5S. The topological polar surface area (TPSA) is 80.7 Å². The average molecular weight is 450 g/mol. The summed E-state index contributed by atoms with van der Waals surface area (Å²) in [4.78, 5) is 14.9. The number of nitrogens with zero attached hydrogens (tertiary/aromatic N) is 1. The molecule has 2 heterocycles. The Hall–Kier alpha value is -3.58. The van der Waals surface area contributed by atoms with Crippen LogP contribution in [-0.2, 0) is 22.9 Å². The van der Waals surface area contributed by atoms with Crippen LogP contribution in [0.2, 0.25) is 0 Å². The predicted molar refractivity (Wildman–Crippen MR) is 119 cm³/mol. The first kappa shape index (κ1) is 21.6. The molecule has 0 unspecified atom stereocenters. The number of amides is 1. The third-order valence-electron chi connectivity index (χ3n) is 5.10. The van der Waals surface area contributed by atoms with E-state index in [1.54, 1.807) is 35.4 Å². The molecule has 1 amide bonds. The number of carbonyl (C=O) groups is 1. The molecule has 0 aliphatic rings. The third-order valence-corrected chi connectivity index (χ3v) is 6.74. The third kappa shape index (κ3) is 4.68. The van der Waals surface area contributed by atoms with Crippen molar-refractivity contribution in [2.24, 2.45) is 0 Å². The molecule has 2 aromatic carbocycles. The van der Waals surface area contributed by atoms with Gasteiger partial charge in [0.1, 0.15) is 5.76 Å². The molecule has 164 valence electrons. The normalized spacial score (nSPS) is 11.4. The van der Waals surface area contributed by atoms with Crippen LogP contribution in [0.15, 0.2) is 97.9 Å². The Morgan fingerprint density at radius 2 is 1.50 bits per heavy atom. The standard InChI is InChI=1S/C25H23NO5S/c1-18-5-9-20(10-6-18)16-26(17-21-4-3-15-30-21)25(27)23-13-14-24(31-23)32(28,29)22-11-7-19(2)8-12-22/h3-15H,16-17H2,1-2H3. The maximum Gasteiger partial charge on any atom is 0.290 e. The first-order valence-electron chi connectivity index (χ1n) is 10.1. The van der Waals surface area contributed by atoms with Gasteiger partial charge in [0.2, 0.25) is 14.9 Å². The first-order valence-corrected chi connectivity index (χ1v) is 11.6. The number of rotatable bonds is 7. The van der Waals surface area contributed by atoms with Crippen LogP contribution in [0.1, 0.15) is 33.0 Å². The van der Waals surface area contributed by atoms with Gasteiger partial charge in [-0.1, -0.05) is 47.5 Å². The smallest absolute Gasteiger partial charge is 0.290 e. The van der Waals surface area contributed by atoms with Crippen molar-refractivity contribution in [3.63, 3.8) is 0 Å². The molecule has 0 saturated carbocycles. The van der Waals surface area contributed by atoms with E-state index in [1.807, 2.05) is 38.1 Å². The summed E-state index contributed by atoms with van der Waals surface area (Å²) in [5.74, 6) is 0.145. The Labute approximate surface area is 187 Å². The fourth-order valence-electron chi connectivity index (χ4n) is 3.27. The van der Waals surface area contributed by atoms with Crippen molar-refractivity contribution in [3.05, 3.63) is 107 Å². The summed E-state index contributed by atoms with van der Waals surface area (Å²) in [7, 11) is -3.86. The van der Waals surface area contributed by atoms with Crippen molar-refractivity contribution in [1.29, 1.82) is 0 Å². The van der Waals surface area contributed by atoms with Crippen LogP contribution < -0.4 is 0 Å². The Kier molecular flexibility index (Phi) is 6.01. The lowest BCUT2D eigenvalue weighted by atomic mass is 10.1. The lowest BCUT2D eigenvalue weighted by Crippen LogP contribution is -2.29. The van der Waals surface area contributed by atoms with Crippen LogP contribution in [-0.4, -0.2) is 19.2 Å². The maximum atomic E-state index is 13.3. The van der Waals surface area contributed by atoms with Gasteiger partial charge in [0.05, 0.1) is 17.7 Å². The molecular weight excluding hydrogens is 426 g/mol. The second kappa shape index (κ2) is 8.88. The van der Waals surface area contributed by atoms with Crippen molar-refractivity contribution in [1.82, 2.24) is 4.90 Å². The van der Waals surface area contributed by atoms with Gasteiger partial charge < -0.3 is 13.7 Å². The van der Waals surface area contributed by atoms with Gasteiger partial charge in [0.15, 0.2) is 5.76 Å². The van der Waals surface area contributed by atoms with Crippen molar-refractivity contribution < 1.29 is 22.0 Å². The highest BCUT2D eigenvalue weighted by molar-refractivity contribution is 7.91. The molecule has 0 fully saturated rings. The minimum absolute atomic E-state index is 0.0469. The minimum atomic E-state index is -3.86. The number of carbonyl (C=O) groups excluding carboxylic acids is 1. The van der Waals surface area contributed by atoms with E-state index in [0.717, 1.165) is 16.7 Å². The van der Waals surface area contributed by atoms with Crippen LogP contribution in [0.25, 0.3) is 0 Å². The summed E-state index contributed by atoms with van der Waals surface area (Å²) in [6.07, 6.45) is 1.54. The zero-order valence-electron chi connectivity index (χ0n) is 17.8. The molecule has 7 heteroatoms. The number of benzene rings is 2. The molecule has 0 radical (unpaired) electrons. The average Bonchev–Trinajstić information content (AvgIpc) is 3.47. The van der Waals surface area contributed by atoms with Gasteiger partial charge in [-0.05, 0) is 55.8 Å². The van der Waals surface area contributed by atoms with E-state index in [-0.39, 0.29) is 22.3 Å². The molecule has 4 aromatic rings. The van der Waals surface area contributed by atoms with E-state index in [2.05, 4.69) is 0 Å². The highest BCUT2D eigenvalue weighted by Gasteiger charge is 2.26. The van der Waals surface area contributed by atoms with Crippen molar-refractivity contribution in [2.45, 2.75) is 36.9 Å². The Bertz CT molecular complexity index is 1300. The van der Waals surface area contributed by atoms with Crippen LogP contribution in [0, 0.1) is 13.8 Å². The highest BCUT2D eigenvalue weighted by atomic mass is 32.2. The number of furan rings is 2. The molecule has 0 aliphatic heterocycles. The molecule has 0 aliphatic carbocycles. The van der Waals surface area contributed by atoms with Crippen LogP contribution in [0.4, 0.5) is 0 Å². The van der Waals surface area contributed by atoms with Gasteiger partial charge in [-0.2, -0.15) is 0 Å². The lowest BCUT2D eigenvalue weighted by molar-refractivity contribution is 0.0679. The van der Waals surface area contributed by atoms with E-state index in [4.69, 9.17) is 8.83 Å². The summed E-state index contributed by atoms with van der Waals surface area (Å²) in [6, 6.07) is 20.6. The van der Waals surface area contributed by atoms with Crippen LogP contribution in [0.5, 0.6) is 0 Å². The second-order valence-corrected chi connectivity index (χ2v) is 9.54. The van der Waals surface area contributed by atoms with Crippen molar-refractivity contribution in [3.8, 4) is 0 Å².